The second-order valence-electron chi connectivity index (χ2n) is 5.52. The van der Waals surface area contributed by atoms with Crippen molar-refractivity contribution >= 4 is 19.9 Å². The molecule has 0 spiro atoms. The summed E-state index contributed by atoms with van der Waals surface area (Å²) in [6, 6.07) is 10.6. The van der Waals surface area contributed by atoms with Crippen LogP contribution in [0.4, 0.5) is 0 Å². The van der Waals surface area contributed by atoms with Gasteiger partial charge in [0.15, 0.2) is 15.7 Å². The van der Waals surface area contributed by atoms with Crippen molar-refractivity contribution < 1.29 is 16.8 Å². The Morgan fingerprint density at radius 1 is 1.00 bits per heavy atom. The lowest BCUT2D eigenvalue weighted by Crippen LogP contribution is -2.25. The summed E-state index contributed by atoms with van der Waals surface area (Å²) in [4.78, 5) is 3.66. The van der Waals surface area contributed by atoms with Crippen LogP contribution in [0.15, 0.2) is 70.8 Å². The average molecular weight is 392 g/mol. The zero-order valence-corrected chi connectivity index (χ0v) is 15.4. The first-order valence-corrected chi connectivity index (χ1v) is 10.9. The number of aromatic nitrogens is 3. The van der Waals surface area contributed by atoms with Crippen molar-refractivity contribution in [1.29, 1.82) is 0 Å². The lowest BCUT2D eigenvalue weighted by Gasteiger charge is -2.11. The highest BCUT2D eigenvalue weighted by molar-refractivity contribution is 7.93. The van der Waals surface area contributed by atoms with Gasteiger partial charge in [0.25, 0.3) is 0 Å². The molecule has 1 aromatic carbocycles. The van der Waals surface area contributed by atoms with Crippen molar-refractivity contribution in [2.24, 2.45) is 0 Å². The summed E-state index contributed by atoms with van der Waals surface area (Å²) >= 11 is 0. The molecule has 0 aliphatic carbocycles. The SMILES string of the molecule is CS(=O)(=O)c1ccccc1S(=O)(=O)NCc1ccnc(-n2cccn2)c1. The molecule has 3 aromatic rings. The molecule has 0 bridgehead atoms. The van der Waals surface area contributed by atoms with Crippen LogP contribution in [-0.2, 0) is 26.4 Å². The molecule has 136 valence electrons. The Kier molecular flexibility index (Phi) is 4.90. The molecule has 0 aliphatic rings. The Balaban J connectivity index is 1.85. The Hall–Kier alpha value is -2.56. The summed E-state index contributed by atoms with van der Waals surface area (Å²) in [5.41, 5.74) is 0.658. The minimum Gasteiger partial charge on any atom is -0.237 e. The number of hydrogen-bond donors (Lipinski definition) is 1. The smallest absolute Gasteiger partial charge is 0.237 e. The van der Waals surface area contributed by atoms with Gasteiger partial charge >= 0.3 is 0 Å². The van der Waals surface area contributed by atoms with Crippen molar-refractivity contribution in [3.63, 3.8) is 0 Å². The van der Waals surface area contributed by atoms with Crippen molar-refractivity contribution in [2.45, 2.75) is 16.3 Å². The molecule has 2 aromatic heterocycles. The summed E-state index contributed by atoms with van der Waals surface area (Å²) in [6.07, 6.45) is 5.85. The fourth-order valence-electron chi connectivity index (χ4n) is 2.33. The molecule has 2 heterocycles. The molecule has 0 atom stereocenters. The molecule has 0 saturated heterocycles. The van der Waals surface area contributed by atoms with Crippen molar-refractivity contribution in [2.75, 3.05) is 6.26 Å². The number of sulfonamides is 1. The molecule has 0 aliphatic heterocycles. The normalized spacial score (nSPS) is 12.2. The van der Waals surface area contributed by atoms with E-state index in [9.17, 15) is 16.8 Å². The van der Waals surface area contributed by atoms with Gasteiger partial charge in [-0.25, -0.2) is 31.2 Å². The highest BCUT2D eigenvalue weighted by atomic mass is 32.2. The molecular weight excluding hydrogens is 376 g/mol. The molecule has 10 heteroatoms. The maximum atomic E-state index is 12.6. The van der Waals surface area contributed by atoms with E-state index in [4.69, 9.17) is 0 Å². The predicted octanol–water partition coefficient (Wildman–Crippen LogP) is 1.15. The average Bonchev–Trinajstić information content (AvgIpc) is 3.14. The Morgan fingerprint density at radius 3 is 2.38 bits per heavy atom. The quantitative estimate of drug-likeness (QED) is 0.674. The van der Waals surface area contributed by atoms with E-state index in [0.717, 1.165) is 6.26 Å². The van der Waals surface area contributed by atoms with Gasteiger partial charge in [0.1, 0.15) is 4.90 Å². The maximum absolute atomic E-state index is 12.6. The van der Waals surface area contributed by atoms with Gasteiger partial charge in [-0.05, 0) is 35.9 Å². The highest BCUT2D eigenvalue weighted by Gasteiger charge is 2.23. The number of benzene rings is 1. The number of pyridine rings is 1. The first-order chi connectivity index (χ1) is 12.3. The molecule has 0 saturated carbocycles. The molecule has 0 amide bonds. The number of sulfone groups is 1. The zero-order chi connectivity index (χ0) is 18.8. The van der Waals surface area contributed by atoms with Gasteiger partial charge in [-0.2, -0.15) is 5.10 Å². The van der Waals surface area contributed by atoms with Crippen LogP contribution in [0.5, 0.6) is 0 Å². The topological polar surface area (TPSA) is 111 Å². The number of nitrogens with one attached hydrogen (secondary N) is 1. The number of nitrogens with zero attached hydrogens (tertiary/aromatic N) is 3. The van der Waals surface area contributed by atoms with Gasteiger partial charge in [0, 0.05) is 31.4 Å². The Labute approximate surface area is 151 Å². The lowest BCUT2D eigenvalue weighted by atomic mass is 10.2. The molecule has 0 fully saturated rings. The van der Waals surface area contributed by atoms with Crippen LogP contribution in [0.1, 0.15) is 5.56 Å². The number of hydrogen-bond acceptors (Lipinski definition) is 6. The maximum Gasteiger partial charge on any atom is 0.242 e. The molecule has 3 rings (SSSR count). The van der Waals surface area contributed by atoms with Gasteiger partial charge in [-0.3, -0.25) is 0 Å². The van der Waals surface area contributed by atoms with E-state index in [-0.39, 0.29) is 16.3 Å². The van der Waals surface area contributed by atoms with E-state index in [1.165, 1.54) is 24.3 Å². The van der Waals surface area contributed by atoms with Gasteiger partial charge < -0.3 is 0 Å². The van der Waals surface area contributed by atoms with Crippen LogP contribution >= 0.6 is 0 Å². The second kappa shape index (κ2) is 6.98. The monoisotopic (exact) mass is 392 g/mol. The van der Waals surface area contributed by atoms with E-state index >= 15 is 0 Å². The first-order valence-electron chi connectivity index (χ1n) is 7.51. The molecular formula is C16H16N4O4S2. The standard InChI is InChI=1S/C16H16N4O4S2/c1-25(21,22)14-5-2-3-6-15(14)26(23,24)19-12-13-7-9-17-16(11-13)20-10-4-8-18-20/h2-11,19H,12H2,1H3. The molecule has 0 unspecified atom stereocenters. The summed E-state index contributed by atoms with van der Waals surface area (Å²) < 4.78 is 52.8. The summed E-state index contributed by atoms with van der Waals surface area (Å²) in [5, 5.41) is 4.07. The third-order valence-electron chi connectivity index (χ3n) is 3.55. The van der Waals surface area contributed by atoms with E-state index in [0.29, 0.717) is 11.4 Å². The van der Waals surface area contributed by atoms with Crippen molar-refractivity contribution in [3.8, 4) is 5.82 Å². The fourth-order valence-corrected chi connectivity index (χ4v) is 4.98. The van der Waals surface area contributed by atoms with E-state index in [2.05, 4.69) is 14.8 Å². The van der Waals surface area contributed by atoms with Gasteiger partial charge in [-0.15, -0.1) is 0 Å². The lowest BCUT2D eigenvalue weighted by molar-refractivity contribution is 0.574. The van der Waals surface area contributed by atoms with Crippen molar-refractivity contribution in [3.05, 3.63) is 66.6 Å². The molecule has 0 radical (unpaired) electrons. The Morgan fingerprint density at radius 2 is 1.73 bits per heavy atom. The summed E-state index contributed by atoms with van der Waals surface area (Å²) in [7, 11) is -7.69. The predicted molar refractivity (Wildman–Crippen MR) is 94.9 cm³/mol. The van der Waals surface area contributed by atoms with Crippen LogP contribution in [0.3, 0.4) is 0 Å². The minimum atomic E-state index is -4.01. The van der Waals surface area contributed by atoms with Crippen LogP contribution in [0, 0.1) is 0 Å². The highest BCUT2D eigenvalue weighted by Crippen LogP contribution is 2.20. The second-order valence-corrected chi connectivity index (χ2v) is 9.24. The molecule has 26 heavy (non-hydrogen) atoms. The van der Waals surface area contributed by atoms with Crippen molar-refractivity contribution in [1.82, 2.24) is 19.5 Å². The molecule has 1 N–H and O–H groups in total. The fraction of sp³-hybridized carbons (Fsp3) is 0.125. The summed E-state index contributed by atoms with van der Waals surface area (Å²) in [6.45, 7) is -0.0166. The van der Waals surface area contributed by atoms with E-state index in [1.807, 2.05) is 0 Å². The van der Waals surface area contributed by atoms with Crippen LogP contribution < -0.4 is 4.72 Å². The van der Waals surface area contributed by atoms with Crippen LogP contribution in [-0.4, -0.2) is 37.9 Å². The van der Waals surface area contributed by atoms with Crippen LogP contribution in [0.25, 0.3) is 5.82 Å². The summed E-state index contributed by atoms with van der Waals surface area (Å²) in [5.74, 6) is 0.545. The van der Waals surface area contributed by atoms with Gasteiger partial charge in [0.05, 0.1) is 4.90 Å². The zero-order valence-electron chi connectivity index (χ0n) is 13.8. The van der Waals surface area contributed by atoms with Crippen LogP contribution in [0.2, 0.25) is 0 Å². The van der Waals surface area contributed by atoms with Gasteiger partial charge in [0.2, 0.25) is 10.0 Å². The van der Waals surface area contributed by atoms with Gasteiger partial charge in [-0.1, -0.05) is 12.1 Å². The first kappa shape index (κ1) is 18.2. The minimum absolute atomic E-state index is 0.0166. The Bertz CT molecular complexity index is 1120. The third kappa shape index (κ3) is 3.98. The van der Waals surface area contributed by atoms with E-state index in [1.54, 1.807) is 41.5 Å². The number of rotatable bonds is 6. The molecule has 8 nitrogen and oxygen atoms in total. The van der Waals surface area contributed by atoms with E-state index < -0.39 is 19.9 Å². The third-order valence-corrected chi connectivity index (χ3v) is 6.30. The largest absolute Gasteiger partial charge is 0.242 e.